The monoisotopic (exact) mass is 320 g/mol. The Balaban J connectivity index is 2.20. The van der Waals surface area contributed by atoms with Crippen LogP contribution < -0.4 is 10.1 Å². The molecule has 0 bridgehead atoms. The fourth-order valence-electron chi connectivity index (χ4n) is 2.77. The highest BCUT2D eigenvalue weighted by atomic mass is 16.5. The number of carbonyl (C=O) groups is 2. The Morgan fingerprint density at radius 3 is 2.83 bits per heavy atom. The van der Waals surface area contributed by atoms with Crippen molar-refractivity contribution in [3.05, 3.63) is 23.8 Å². The number of Topliss-reactive ketones (excluding diaryl/α,β-unsaturated/α-hetero) is 1. The van der Waals surface area contributed by atoms with Gasteiger partial charge in [0.15, 0.2) is 5.78 Å². The molecule has 1 aromatic carbocycles. The van der Waals surface area contributed by atoms with Gasteiger partial charge in [-0.1, -0.05) is 0 Å². The normalized spacial score (nSPS) is 17.7. The lowest BCUT2D eigenvalue weighted by atomic mass is 10.0. The van der Waals surface area contributed by atoms with Crippen LogP contribution in [-0.2, 0) is 0 Å². The number of benzene rings is 1. The van der Waals surface area contributed by atoms with Gasteiger partial charge in [0.05, 0.1) is 24.9 Å². The molecule has 1 aromatic rings. The number of aliphatic hydroxyl groups is 1. The van der Waals surface area contributed by atoms with Crippen molar-refractivity contribution in [2.75, 3.05) is 25.1 Å². The number of hydrogen-bond donors (Lipinski definition) is 2. The van der Waals surface area contributed by atoms with Gasteiger partial charge in [-0.2, -0.15) is 0 Å². The molecule has 6 heteroatoms. The highest BCUT2D eigenvalue weighted by molar-refractivity contribution is 5.98. The van der Waals surface area contributed by atoms with Crippen molar-refractivity contribution >= 4 is 17.5 Å². The van der Waals surface area contributed by atoms with Crippen molar-refractivity contribution in [1.82, 2.24) is 4.90 Å². The first-order chi connectivity index (χ1) is 11.1. The second-order valence-corrected chi connectivity index (χ2v) is 5.66. The van der Waals surface area contributed by atoms with E-state index in [2.05, 4.69) is 5.32 Å². The molecule has 0 saturated carbocycles. The van der Waals surface area contributed by atoms with Gasteiger partial charge in [-0.15, -0.1) is 0 Å². The minimum atomic E-state index is -0.273. The number of hydrogen-bond acceptors (Lipinski definition) is 4. The first-order valence-electron chi connectivity index (χ1n) is 8.03. The van der Waals surface area contributed by atoms with Crippen molar-refractivity contribution in [3.63, 3.8) is 0 Å². The maximum Gasteiger partial charge on any atom is 0.322 e. The van der Waals surface area contributed by atoms with Crippen LogP contribution in [0.3, 0.4) is 0 Å². The van der Waals surface area contributed by atoms with Crippen LogP contribution >= 0.6 is 0 Å². The highest BCUT2D eigenvalue weighted by Crippen LogP contribution is 2.27. The zero-order valence-corrected chi connectivity index (χ0v) is 13.7. The Bertz CT molecular complexity index is 574. The van der Waals surface area contributed by atoms with E-state index < -0.39 is 0 Å². The van der Waals surface area contributed by atoms with Crippen molar-refractivity contribution in [1.29, 1.82) is 0 Å². The van der Waals surface area contributed by atoms with Gasteiger partial charge in [0.2, 0.25) is 0 Å². The van der Waals surface area contributed by atoms with Gasteiger partial charge in [-0.05, 0) is 51.3 Å². The van der Waals surface area contributed by atoms with Gasteiger partial charge in [0.25, 0.3) is 0 Å². The third-order valence-corrected chi connectivity index (χ3v) is 4.03. The topological polar surface area (TPSA) is 78.9 Å². The first-order valence-corrected chi connectivity index (χ1v) is 8.03. The van der Waals surface area contributed by atoms with E-state index in [0.29, 0.717) is 30.2 Å². The molecule has 23 heavy (non-hydrogen) atoms. The van der Waals surface area contributed by atoms with Crippen LogP contribution in [0.5, 0.6) is 5.75 Å². The van der Waals surface area contributed by atoms with Gasteiger partial charge in [-0.3, -0.25) is 4.79 Å². The predicted octanol–water partition coefficient (Wildman–Crippen LogP) is 2.67. The lowest BCUT2D eigenvalue weighted by molar-refractivity contribution is 0.101. The molecule has 0 spiro atoms. The molecule has 1 fully saturated rings. The summed E-state index contributed by atoms with van der Waals surface area (Å²) in [5.74, 6) is 0.457. The van der Waals surface area contributed by atoms with Crippen molar-refractivity contribution in [2.45, 2.75) is 39.2 Å². The number of carbonyl (C=O) groups excluding carboxylic acids is 2. The second kappa shape index (κ2) is 7.97. The van der Waals surface area contributed by atoms with Crippen LogP contribution in [0.25, 0.3) is 0 Å². The van der Waals surface area contributed by atoms with Crippen molar-refractivity contribution in [3.8, 4) is 5.75 Å². The summed E-state index contributed by atoms with van der Waals surface area (Å²) in [6, 6.07) is 4.57. The highest BCUT2D eigenvalue weighted by Gasteiger charge is 2.26. The zero-order valence-electron chi connectivity index (χ0n) is 13.7. The first kappa shape index (κ1) is 17.3. The standard InChI is InChI=1S/C17H24N2O4/c1-3-23-16-8-7-13(12(2)21)10-15(16)18-17(22)19-9-5-4-6-14(19)11-20/h7-8,10,14,20H,3-6,9,11H2,1-2H3,(H,18,22). The molecule has 1 aliphatic heterocycles. The molecule has 1 saturated heterocycles. The van der Waals surface area contributed by atoms with Crippen molar-refractivity contribution in [2.24, 2.45) is 0 Å². The lowest BCUT2D eigenvalue weighted by Crippen LogP contribution is -2.47. The van der Waals surface area contributed by atoms with Gasteiger partial charge in [0, 0.05) is 12.1 Å². The lowest BCUT2D eigenvalue weighted by Gasteiger charge is -2.34. The number of rotatable bonds is 5. The fourth-order valence-corrected chi connectivity index (χ4v) is 2.77. The molecule has 126 valence electrons. The van der Waals surface area contributed by atoms with Crippen molar-refractivity contribution < 1.29 is 19.4 Å². The largest absolute Gasteiger partial charge is 0.492 e. The molecule has 6 nitrogen and oxygen atoms in total. The summed E-state index contributed by atoms with van der Waals surface area (Å²) < 4.78 is 5.52. The number of piperidine rings is 1. The van der Waals surface area contributed by atoms with E-state index in [-0.39, 0.29) is 24.5 Å². The van der Waals surface area contributed by atoms with Gasteiger partial charge in [0.1, 0.15) is 5.75 Å². The van der Waals surface area contributed by atoms with Crippen LogP contribution in [0.4, 0.5) is 10.5 Å². The SMILES string of the molecule is CCOc1ccc(C(C)=O)cc1NC(=O)N1CCCCC1CO. The minimum absolute atomic E-state index is 0.0424. The number of likely N-dealkylation sites (tertiary alicyclic amines) is 1. The van der Waals surface area contributed by atoms with E-state index in [0.717, 1.165) is 19.3 Å². The Kier molecular flexibility index (Phi) is 5.98. The molecule has 0 aliphatic carbocycles. The third kappa shape index (κ3) is 4.22. The summed E-state index contributed by atoms with van der Waals surface area (Å²) in [5, 5.41) is 12.3. The fraction of sp³-hybridized carbons (Fsp3) is 0.529. The van der Waals surface area contributed by atoms with Crippen LogP contribution in [0.15, 0.2) is 18.2 Å². The quantitative estimate of drug-likeness (QED) is 0.818. The molecular formula is C17H24N2O4. The van der Waals surface area contributed by atoms with E-state index in [1.165, 1.54) is 6.92 Å². The summed E-state index contributed by atoms with van der Waals surface area (Å²) in [6.45, 7) is 4.38. The molecule has 2 N–H and O–H groups in total. The van der Waals surface area contributed by atoms with Gasteiger partial charge in [-0.25, -0.2) is 4.79 Å². The third-order valence-electron chi connectivity index (χ3n) is 4.03. The number of anilines is 1. The molecule has 1 atom stereocenters. The molecule has 1 aliphatic rings. The maximum absolute atomic E-state index is 12.5. The van der Waals surface area contributed by atoms with E-state index in [4.69, 9.17) is 4.74 Å². The molecule has 0 radical (unpaired) electrons. The molecule has 2 rings (SSSR count). The Hall–Kier alpha value is -2.08. The van der Waals surface area contributed by atoms with E-state index in [1.54, 1.807) is 23.1 Å². The van der Waals surface area contributed by atoms with E-state index >= 15 is 0 Å². The summed E-state index contributed by atoms with van der Waals surface area (Å²) in [5.41, 5.74) is 0.993. The van der Waals surface area contributed by atoms with Crippen LogP contribution in [-0.4, -0.2) is 47.6 Å². The number of nitrogens with one attached hydrogen (secondary N) is 1. The average Bonchev–Trinajstić information content (AvgIpc) is 2.56. The number of ether oxygens (including phenoxy) is 1. The smallest absolute Gasteiger partial charge is 0.322 e. The number of aliphatic hydroxyl groups excluding tert-OH is 1. The summed E-state index contributed by atoms with van der Waals surface area (Å²) >= 11 is 0. The van der Waals surface area contributed by atoms with Crippen LogP contribution in [0, 0.1) is 0 Å². The van der Waals surface area contributed by atoms with Crippen LogP contribution in [0.1, 0.15) is 43.5 Å². The number of urea groups is 1. The summed E-state index contributed by atoms with van der Waals surface area (Å²) in [6.07, 6.45) is 2.74. The van der Waals surface area contributed by atoms with E-state index in [9.17, 15) is 14.7 Å². The molecule has 2 amide bonds. The second-order valence-electron chi connectivity index (χ2n) is 5.66. The molecule has 0 aromatic heterocycles. The minimum Gasteiger partial charge on any atom is -0.492 e. The summed E-state index contributed by atoms with van der Waals surface area (Å²) in [7, 11) is 0. The number of ketones is 1. The predicted molar refractivity (Wildman–Crippen MR) is 88.1 cm³/mol. The molecule has 1 heterocycles. The Morgan fingerprint density at radius 2 is 2.17 bits per heavy atom. The number of nitrogens with zero attached hydrogens (tertiary/aromatic N) is 1. The Morgan fingerprint density at radius 1 is 1.39 bits per heavy atom. The molecule has 1 unspecified atom stereocenters. The zero-order chi connectivity index (χ0) is 16.8. The Labute approximate surface area is 136 Å². The summed E-state index contributed by atoms with van der Waals surface area (Å²) in [4.78, 5) is 25.7. The van der Waals surface area contributed by atoms with E-state index in [1.807, 2.05) is 6.92 Å². The van der Waals surface area contributed by atoms with Crippen LogP contribution in [0.2, 0.25) is 0 Å². The average molecular weight is 320 g/mol. The number of amides is 2. The molecular weight excluding hydrogens is 296 g/mol. The maximum atomic E-state index is 12.5. The van der Waals surface area contributed by atoms with Gasteiger partial charge < -0.3 is 20.1 Å². The van der Waals surface area contributed by atoms with Gasteiger partial charge >= 0.3 is 6.03 Å².